The maximum absolute atomic E-state index is 13.6. The van der Waals surface area contributed by atoms with Crippen LogP contribution in [0.25, 0.3) is 0 Å². The van der Waals surface area contributed by atoms with Crippen molar-refractivity contribution in [2.45, 2.75) is 17.5 Å². The van der Waals surface area contributed by atoms with E-state index < -0.39 is 16.1 Å². The second-order valence-corrected chi connectivity index (χ2v) is 8.33. The second-order valence-electron chi connectivity index (χ2n) is 6.44. The average Bonchev–Trinajstić information content (AvgIpc) is 3.22. The van der Waals surface area contributed by atoms with Gasteiger partial charge in [0.1, 0.15) is 0 Å². The van der Waals surface area contributed by atoms with E-state index in [0.29, 0.717) is 24.6 Å². The molecule has 1 atom stereocenters. The molecule has 2 aromatic heterocycles. The molecule has 0 spiro atoms. The lowest BCUT2D eigenvalue weighted by Gasteiger charge is -2.36. The van der Waals surface area contributed by atoms with Crippen molar-refractivity contribution in [3.63, 3.8) is 0 Å². The Bertz CT molecular complexity index is 1080. The maximum Gasteiger partial charge on any atom is 0.244 e. The lowest BCUT2D eigenvalue weighted by Crippen LogP contribution is -2.42. The van der Waals surface area contributed by atoms with Crippen molar-refractivity contribution in [2.75, 3.05) is 20.8 Å². The monoisotopic (exact) mass is 399 g/mol. The predicted molar refractivity (Wildman–Crippen MR) is 104 cm³/mol. The second kappa shape index (κ2) is 7.29. The Hall–Kier alpha value is -2.84. The molecule has 1 aliphatic heterocycles. The van der Waals surface area contributed by atoms with Gasteiger partial charge in [0.2, 0.25) is 10.0 Å². The standard InChI is InChI=1S/C20H21N3O4S/c1-26-18-6-5-16(14-19(18)27-2)28(24,25)23-13-12-22-11-3-4-17(22)20(23)15-7-9-21-10-8-15/h3-11,14,20H,12-13H2,1-2H3. The Labute approximate surface area is 164 Å². The van der Waals surface area contributed by atoms with Crippen molar-refractivity contribution >= 4 is 10.0 Å². The van der Waals surface area contributed by atoms with Crippen LogP contribution in [0.4, 0.5) is 0 Å². The minimum atomic E-state index is -3.77. The van der Waals surface area contributed by atoms with Crippen molar-refractivity contribution in [3.05, 3.63) is 72.3 Å². The molecule has 0 bridgehead atoms. The van der Waals surface area contributed by atoms with Gasteiger partial charge in [0.05, 0.1) is 25.2 Å². The highest BCUT2D eigenvalue weighted by Crippen LogP contribution is 2.38. The zero-order valence-corrected chi connectivity index (χ0v) is 16.5. The molecule has 0 radical (unpaired) electrons. The fraction of sp³-hybridized carbons (Fsp3) is 0.250. The molecule has 3 heterocycles. The molecule has 4 rings (SSSR count). The van der Waals surface area contributed by atoms with Crippen molar-refractivity contribution in [3.8, 4) is 11.5 Å². The van der Waals surface area contributed by atoms with Gasteiger partial charge in [-0.25, -0.2) is 8.42 Å². The Balaban J connectivity index is 1.82. The zero-order chi connectivity index (χ0) is 19.7. The third-order valence-corrected chi connectivity index (χ3v) is 6.84. The van der Waals surface area contributed by atoms with Crippen molar-refractivity contribution < 1.29 is 17.9 Å². The van der Waals surface area contributed by atoms with Gasteiger partial charge in [-0.3, -0.25) is 4.98 Å². The van der Waals surface area contributed by atoms with Crippen LogP contribution in [-0.2, 0) is 16.6 Å². The van der Waals surface area contributed by atoms with Crippen LogP contribution in [0.15, 0.2) is 66.0 Å². The molecule has 0 saturated carbocycles. The molecule has 0 fully saturated rings. The molecular weight excluding hydrogens is 378 g/mol. The molecule has 0 saturated heterocycles. The number of nitrogens with zero attached hydrogens (tertiary/aromatic N) is 3. The van der Waals surface area contributed by atoms with Crippen LogP contribution in [-0.4, -0.2) is 43.0 Å². The largest absolute Gasteiger partial charge is 0.493 e. The summed E-state index contributed by atoms with van der Waals surface area (Å²) in [6, 6.07) is 11.8. The van der Waals surface area contributed by atoms with Gasteiger partial charge in [0.25, 0.3) is 0 Å². The van der Waals surface area contributed by atoms with E-state index in [0.717, 1.165) is 11.3 Å². The average molecular weight is 399 g/mol. The molecule has 1 unspecified atom stereocenters. The predicted octanol–water partition coefficient (Wildman–Crippen LogP) is 2.69. The third-order valence-electron chi connectivity index (χ3n) is 4.98. The summed E-state index contributed by atoms with van der Waals surface area (Å²) in [6.45, 7) is 0.960. The number of hydrogen-bond donors (Lipinski definition) is 0. The van der Waals surface area contributed by atoms with Gasteiger partial charge in [-0.05, 0) is 42.0 Å². The number of ether oxygens (including phenoxy) is 2. The summed E-state index contributed by atoms with van der Waals surface area (Å²) in [5.41, 5.74) is 1.81. The number of pyridine rings is 1. The van der Waals surface area contributed by atoms with Crippen LogP contribution in [0.1, 0.15) is 17.3 Å². The quantitative estimate of drug-likeness (QED) is 0.660. The molecular formula is C20H21N3O4S. The third kappa shape index (κ3) is 3.04. The van der Waals surface area contributed by atoms with Gasteiger partial charge in [-0.2, -0.15) is 4.31 Å². The fourth-order valence-electron chi connectivity index (χ4n) is 3.62. The lowest BCUT2D eigenvalue weighted by molar-refractivity contribution is 0.298. The van der Waals surface area contributed by atoms with E-state index in [4.69, 9.17) is 9.47 Å². The van der Waals surface area contributed by atoms with E-state index in [1.165, 1.54) is 20.3 Å². The fourth-order valence-corrected chi connectivity index (χ4v) is 5.21. The molecule has 28 heavy (non-hydrogen) atoms. The van der Waals surface area contributed by atoms with Gasteiger partial charge in [-0.15, -0.1) is 0 Å². The summed E-state index contributed by atoms with van der Waals surface area (Å²) in [4.78, 5) is 4.24. The molecule has 0 N–H and O–H groups in total. The first kappa shape index (κ1) is 18.5. The van der Waals surface area contributed by atoms with Gasteiger partial charge in [-0.1, -0.05) is 0 Å². The van der Waals surface area contributed by atoms with E-state index in [-0.39, 0.29) is 4.90 Å². The number of benzene rings is 1. The van der Waals surface area contributed by atoms with Crippen molar-refractivity contribution in [2.24, 2.45) is 0 Å². The highest BCUT2D eigenvalue weighted by Gasteiger charge is 2.37. The summed E-state index contributed by atoms with van der Waals surface area (Å²) in [6.07, 6.45) is 5.33. The Morgan fingerprint density at radius 2 is 1.75 bits per heavy atom. The van der Waals surface area contributed by atoms with E-state index in [9.17, 15) is 8.42 Å². The van der Waals surface area contributed by atoms with Crippen LogP contribution in [0.5, 0.6) is 11.5 Å². The highest BCUT2D eigenvalue weighted by atomic mass is 32.2. The summed E-state index contributed by atoms with van der Waals surface area (Å²) in [7, 11) is -0.767. The van der Waals surface area contributed by atoms with E-state index in [2.05, 4.69) is 9.55 Å². The summed E-state index contributed by atoms with van der Waals surface area (Å²) >= 11 is 0. The molecule has 1 aromatic carbocycles. The van der Waals surface area contributed by atoms with E-state index >= 15 is 0 Å². The maximum atomic E-state index is 13.6. The van der Waals surface area contributed by atoms with E-state index in [1.54, 1.807) is 28.8 Å². The molecule has 3 aromatic rings. The Morgan fingerprint density at radius 3 is 2.46 bits per heavy atom. The molecule has 146 valence electrons. The van der Waals surface area contributed by atoms with Gasteiger partial charge < -0.3 is 14.0 Å². The highest BCUT2D eigenvalue weighted by molar-refractivity contribution is 7.89. The minimum absolute atomic E-state index is 0.171. The number of sulfonamides is 1. The first-order valence-electron chi connectivity index (χ1n) is 8.85. The van der Waals surface area contributed by atoms with Crippen LogP contribution < -0.4 is 9.47 Å². The Kier molecular flexibility index (Phi) is 4.82. The summed E-state index contributed by atoms with van der Waals surface area (Å²) in [5.74, 6) is 0.865. The normalized spacial score (nSPS) is 17.1. The van der Waals surface area contributed by atoms with E-state index in [1.807, 2.05) is 30.5 Å². The van der Waals surface area contributed by atoms with Crippen LogP contribution >= 0.6 is 0 Å². The topological polar surface area (TPSA) is 73.7 Å². The zero-order valence-electron chi connectivity index (χ0n) is 15.6. The lowest BCUT2D eigenvalue weighted by atomic mass is 10.0. The number of fused-ring (bicyclic) bond motifs is 1. The molecule has 1 aliphatic rings. The van der Waals surface area contributed by atoms with Crippen LogP contribution in [0.2, 0.25) is 0 Å². The summed E-state index contributed by atoms with van der Waals surface area (Å²) < 4.78 is 41.3. The van der Waals surface area contributed by atoms with Crippen LogP contribution in [0, 0.1) is 0 Å². The van der Waals surface area contributed by atoms with Crippen LogP contribution in [0.3, 0.4) is 0 Å². The first-order chi connectivity index (χ1) is 13.6. The SMILES string of the molecule is COc1ccc(S(=O)(=O)N2CCn3cccc3C2c2ccncc2)cc1OC. The van der Waals surface area contributed by atoms with Gasteiger partial charge >= 0.3 is 0 Å². The first-order valence-corrected chi connectivity index (χ1v) is 10.3. The van der Waals surface area contributed by atoms with Gasteiger partial charge in [0.15, 0.2) is 11.5 Å². The molecule has 0 amide bonds. The number of aromatic nitrogens is 2. The number of methoxy groups -OCH3 is 2. The molecule has 8 heteroatoms. The molecule has 0 aliphatic carbocycles. The smallest absolute Gasteiger partial charge is 0.244 e. The summed E-state index contributed by atoms with van der Waals surface area (Å²) in [5, 5.41) is 0. The number of hydrogen-bond acceptors (Lipinski definition) is 5. The Morgan fingerprint density at radius 1 is 1.00 bits per heavy atom. The minimum Gasteiger partial charge on any atom is -0.493 e. The van der Waals surface area contributed by atoms with Crippen molar-refractivity contribution in [1.82, 2.24) is 13.9 Å². The van der Waals surface area contributed by atoms with Gasteiger partial charge in [0, 0.05) is 43.4 Å². The number of rotatable bonds is 5. The molecule has 7 nitrogen and oxygen atoms in total. The van der Waals surface area contributed by atoms with Crippen molar-refractivity contribution in [1.29, 1.82) is 0 Å².